The molecule has 4 heteroatoms. The van der Waals surface area contributed by atoms with Crippen molar-refractivity contribution in [3.63, 3.8) is 0 Å². The van der Waals surface area contributed by atoms with Gasteiger partial charge < -0.3 is 9.64 Å². The van der Waals surface area contributed by atoms with Crippen LogP contribution in [0.25, 0.3) is 0 Å². The summed E-state index contributed by atoms with van der Waals surface area (Å²) in [6.45, 7) is 0. The summed E-state index contributed by atoms with van der Waals surface area (Å²) in [5.74, 6) is -0.168. The van der Waals surface area contributed by atoms with E-state index in [1.54, 1.807) is 12.1 Å². The molecule has 0 aliphatic carbocycles. The number of benzene rings is 1. The average Bonchev–Trinajstić information content (AvgIpc) is 2.64. The number of nitriles is 1. The van der Waals surface area contributed by atoms with E-state index >= 15 is 0 Å². The van der Waals surface area contributed by atoms with E-state index in [1.165, 1.54) is 18.9 Å². The smallest absolute Gasteiger partial charge is 0.166 e. The van der Waals surface area contributed by atoms with Crippen molar-refractivity contribution in [1.29, 1.82) is 5.26 Å². The zero-order chi connectivity index (χ0) is 13.4. The van der Waals surface area contributed by atoms with E-state index < -0.39 is 5.82 Å². The number of hydrogen-bond donors (Lipinski definition) is 0. The van der Waals surface area contributed by atoms with E-state index in [0.717, 1.165) is 12.8 Å². The van der Waals surface area contributed by atoms with Crippen LogP contribution in [0.3, 0.4) is 0 Å². The second kappa shape index (κ2) is 4.82. The molecule has 1 aromatic rings. The summed E-state index contributed by atoms with van der Waals surface area (Å²) in [6, 6.07) is 7.47. The molecule has 3 nitrogen and oxygen atoms in total. The topological polar surface area (TPSA) is 36.3 Å². The van der Waals surface area contributed by atoms with Gasteiger partial charge >= 0.3 is 0 Å². The Bertz CT molecular complexity index is 511. The molecule has 0 N–H and O–H groups in total. The van der Waals surface area contributed by atoms with E-state index in [-0.39, 0.29) is 11.9 Å². The van der Waals surface area contributed by atoms with Crippen molar-refractivity contribution in [2.24, 2.45) is 0 Å². The highest BCUT2D eigenvalue weighted by atomic mass is 19.1. The molecule has 0 saturated carbocycles. The number of fused-ring (bicyclic) bond motifs is 2. The van der Waals surface area contributed by atoms with Crippen molar-refractivity contribution in [2.45, 2.75) is 43.9 Å². The van der Waals surface area contributed by atoms with Crippen molar-refractivity contribution >= 4 is 0 Å². The van der Waals surface area contributed by atoms with Crippen LogP contribution >= 0.6 is 0 Å². The van der Waals surface area contributed by atoms with Gasteiger partial charge in [-0.15, -0.1) is 0 Å². The first-order chi connectivity index (χ1) is 9.17. The highest BCUT2D eigenvalue weighted by molar-refractivity contribution is 5.36. The first-order valence-corrected chi connectivity index (χ1v) is 6.75. The Balaban J connectivity index is 1.71. The average molecular weight is 260 g/mol. The Morgan fingerprint density at radius 1 is 1.32 bits per heavy atom. The fourth-order valence-electron chi connectivity index (χ4n) is 3.30. The maximum atomic E-state index is 13.8. The Kier molecular flexibility index (Phi) is 3.16. The van der Waals surface area contributed by atoms with Crippen LogP contribution in [0.2, 0.25) is 0 Å². The third-order valence-electron chi connectivity index (χ3n) is 4.41. The molecule has 2 fully saturated rings. The number of piperidine rings is 1. The number of ether oxygens (including phenoxy) is 1. The summed E-state index contributed by atoms with van der Waals surface area (Å²) in [5, 5.41) is 8.72. The molecule has 0 aromatic heterocycles. The molecule has 0 radical (unpaired) electrons. The molecule has 2 aliphatic rings. The third kappa shape index (κ3) is 2.31. The van der Waals surface area contributed by atoms with Crippen LogP contribution in [0, 0.1) is 17.1 Å². The van der Waals surface area contributed by atoms with Gasteiger partial charge in [0.15, 0.2) is 11.6 Å². The Morgan fingerprint density at radius 3 is 2.58 bits per heavy atom. The van der Waals surface area contributed by atoms with E-state index in [9.17, 15) is 4.39 Å². The minimum Gasteiger partial charge on any atom is -0.487 e. The predicted octanol–water partition coefficient (Wildman–Crippen LogP) is 2.70. The van der Waals surface area contributed by atoms with Gasteiger partial charge in [-0.1, -0.05) is 0 Å². The molecule has 1 aromatic carbocycles. The van der Waals surface area contributed by atoms with Crippen LogP contribution in [0.1, 0.15) is 31.2 Å². The molecular weight excluding hydrogens is 243 g/mol. The molecule has 19 heavy (non-hydrogen) atoms. The molecular formula is C15H17FN2O. The number of hydrogen-bond acceptors (Lipinski definition) is 3. The van der Waals surface area contributed by atoms with Gasteiger partial charge in [0, 0.05) is 12.1 Å². The van der Waals surface area contributed by atoms with Gasteiger partial charge in [-0.3, -0.25) is 0 Å². The number of rotatable bonds is 2. The van der Waals surface area contributed by atoms with Crippen LogP contribution in [0.5, 0.6) is 5.75 Å². The summed E-state index contributed by atoms with van der Waals surface area (Å²) < 4.78 is 19.6. The van der Waals surface area contributed by atoms with Gasteiger partial charge in [0.25, 0.3) is 0 Å². The van der Waals surface area contributed by atoms with Crippen molar-refractivity contribution in [3.8, 4) is 11.8 Å². The highest BCUT2D eigenvalue weighted by Gasteiger charge is 2.39. The minimum atomic E-state index is -0.440. The zero-order valence-corrected chi connectivity index (χ0v) is 11.0. The van der Waals surface area contributed by atoms with Gasteiger partial charge in [0.05, 0.1) is 11.6 Å². The van der Waals surface area contributed by atoms with Crippen LogP contribution in [-0.2, 0) is 0 Å². The maximum absolute atomic E-state index is 13.8. The van der Waals surface area contributed by atoms with Crippen molar-refractivity contribution in [3.05, 3.63) is 29.6 Å². The summed E-state index contributed by atoms with van der Waals surface area (Å²) in [4.78, 5) is 2.43. The third-order valence-corrected chi connectivity index (χ3v) is 4.41. The van der Waals surface area contributed by atoms with Crippen LogP contribution in [-0.4, -0.2) is 30.1 Å². The summed E-state index contributed by atoms with van der Waals surface area (Å²) >= 11 is 0. The van der Waals surface area contributed by atoms with E-state index in [0.29, 0.717) is 17.6 Å². The van der Waals surface area contributed by atoms with Gasteiger partial charge in [0.1, 0.15) is 6.10 Å². The van der Waals surface area contributed by atoms with Crippen LogP contribution in [0.15, 0.2) is 18.2 Å². The first-order valence-electron chi connectivity index (χ1n) is 6.75. The lowest BCUT2D eigenvalue weighted by atomic mass is 10.0. The summed E-state index contributed by atoms with van der Waals surface area (Å²) in [6.07, 6.45) is 4.46. The van der Waals surface area contributed by atoms with E-state index in [2.05, 4.69) is 11.9 Å². The van der Waals surface area contributed by atoms with E-state index in [1.807, 2.05) is 6.07 Å². The number of nitrogens with zero attached hydrogens (tertiary/aromatic N) is 2. The van der Waals surface area contributed by atoms with Crippen molar-refractivity contribution in [1.82, 2.24) is 4.90 Å². The van der Waals surface area contributed by atoms with Crippen molar-refractivity contribution in [2.75, 3.05) is 7.05 Å². The highest BCUT2D eigenvalue weighted by Crippen LogP contribution is 2.36. The van der Waals surface area contributed by atoms with Gasteiger partial charge in [0.2, 0.25) is 0 Å². The molecule has 100 valence electrons. The maximum Gasteiger partial charge on any atom is 0.166 e. The van der Waals surface area contributed by atoms with E-state index in [4.69, 9.17) is 10.00 Å². The lowest BCUT2D eigenvalue weighted by Gasteiger charge is -2.36. The molecule has 0 spiro atoms. The molecule has 2 atom stereocenters. The SMILES string of the molecule is CN1C2CCC1CC(Oc1ccc(C#N)cc1F)C2. The monoisotopic (exact) mass is 260 g/mol. The quantitative estimate of drug-likeness (QED) is 0.820. The normalized spacial score (nSPS) is 30.1. The van der Waals surface area contributed by atoms with Crippen LogP contribution in [0.4, 0.5) is 4.39 Å². The second-order valence-electron chi connectivity index (χ2n) is 5.52. The van der Waals surface area contributed by atoms with Gasteiger partial charge in [-0.25, -0.2) is 4.39 Å². The summed E-state index contributed by atoms with van der Waals surface area (Å²) in [7, 11) is 2.17. The lowest BCUT2D eigenvalue weighted by molar-refractivity contribution is 0.0636. The van der Waals surface area contributed by atoms with Gasteiger partial charge in [-0.05, 0) is 50.9 Å². The zero-order valence-electron chi connectivity index (χ0n) is 11.0. The van der Waals surface area contributed by atoms with Crippen LogP contribution < -0.4 is 4.74 Å². The summed E-state index contributed by atoms with van der Waals surface area (Å²) in [5.41, 5.74) is 0.327. The largest absolute Gasteiger partial charge is 0.487 e. The fourth-order valence-corrected chi connectivity index (χ4v) is 3.30. The molecule has 2 bridgehead atoms. The van der Waals surface area contributed by atoms with Crippen molar-refractivity contribution < 1.29 is 9.13 Å². The Morgan fingerprint density at radius 2 is 2.00 bits per heavy atom. The fraction of sp³-hybridized carbons (Fsp3) is 0.533. The number of halogens is 1. The molecule has 3 rings (SSSR count). The minimum absolute atomic E-state index is 0.0936. The molecule has 0 amide bonds. The van der Waals surface area contributed by atoms with Gasteiger partial charge in [-0.2, -0.15) is 5.26 Å². The molecule has 2 heterocycles. The molecule has 2 saturated heterocycles. The molecule has 2 aliphatic heterocycles. The predicted molar refractivity (Wildman–Crippen MR) is 69.3 cm³/mol. The first kappa shape index (κ1) is 12.4. The second-order valence-corrected chi connectivity index (χ2v) is 5.52. The Labute approximate surface area is 112 Å². The molecule has 2 unspecified atom stereocenters. The lowest BCUT2D eigenvalue weighted by Crippen LogP contribution is -2.43. The Hall–Kier alpha value is -1.60. The standard InChI is InChI=1S/C15H17FN2O/c1-18-11-3-4-12(18)8-13(7-11)19-15-5-2-10(9-17)6-14(15)16/h2,5-6,11-13H,3-4,7-8H2,1H3.